The molecule has 0 radical (unpaired) electrons. The number of carbonyl (C=O) groups is 1. The summed E-state index contributed by atoms with van der Waals surface area (Å²) in [7, 11) is 0. The van der Waals surface area contributed by atoms with Crippen LogP contribution < -0.4 is 21.7 Å². The van der Waals surface area contributed by atoms with E-state index in [1.807, 2.05) is 0 Å². The molecule has 2 aromatic rings. The van der Waals surface area contributed by atoms with Gasteiger partial charge in [0.15, 0.2) is 11.7 Å². The second-order valence-electron chi connectivity index (χ2n) is 7.19. The Morgan fingerprint density at radius 3 is 2.81 bits per heavy atom. The molecular formula is C19H24BrFN8O3. The summed E-state index contributed by atoms with van der Waals surface area (Å²) in [4.78, 5) is 15.9. The number of amides is 1. The van der Waals surface area contributed by atoms with E-state index in [1.165, 1.54) is 18.2 Å². The molecule has 0 saturated heterocycles. The summed E-state index contributed by atoms with van der Waals surface area (Å²) in [6.07, 6.45) is 4.48. The molecule has 1 aromatic carbocycles. The van der Waals surface area contributed by atoms with E-state index in [9.17, 15) is 14.4 Å². The van der Waals surface area contributed by atoms with E-state index in [-0.39, 0.29) is 39.6 Å². The number of halogens is 2. The Balaban J connectivity index is 1.47. The number of carbonyl (C=O) groups excluding carboxylic acids is 1. The van der Waals surface area contributed by atoms with Gasteiger partial charge in [-0.25, -0.2) is 9.02 Å². The van der Waals surface area contributed by atoms with Crippen LogP contribution in [0, 0.1) is 11.7 Å². The molecule has 1 aliphatic rings. The molecule has 1 amide bonds. The predicted molar refractivity (Wildman–Crippen MR) is 120 cm³/mol. The molecular weight excluding hydrogens is 487 g/mol. The lowest BCUT2D eigenvalue weighted by Crippen LogP contribution is -2.34. The molecule has 0 atom stereocenters. The summed E-state index contributed by atoms with van der Waals surface area (Å²) in [5.74, 6) is -0.278. The molecule has 1 heterocycles. The Morgan fingerprint density at radius 1 is 1.31 bits per heavy atom. The van der Waals surface area contributed by atoms with Crippen molar-refractivity contribution in [2.45, 2.75) is 32.1 Å². The minimum Gasteiger partial charge on any atom is -0.409 e. The molecule has 1 saturated carbocycles. The van der Waals surface area contributed by atoms with Crippen LogP contribution in [0.25, 0.3) is 0 Å². The third kappa shape index (κ3) is 6.39. The number of anilines is 2. The first-order chi connectivity index (χ1) is 15.5. The van der Waals surface area contributed by atoms with Crippen LogP contribution in [0.3, 0.4) is 0 Å². The maximum atomic E-state index is 13.4. The highest BCUT2D eigenvalue weighted by molar-refractivity contribution is 9.10. The Hall–Kier alpha value is -3.22. The SMILES string of the molecule is N/C(=N/C(=O)C1CCCC1)NCCCNc1nonc1/C(=N/O)Nc1ccc(F)c(Br)c1. The van der Waals surface area contributed by atoms with Gasteiger partial charge in [0.2, 0.25) is 11.7 Å². The molecule has 6 N–H and O–H groups in total. The fourth-order valence-electron chi connectivity index (χ4n) is 3.24. The van der Waals surface area contributed by atoms with E-state index < -0.39 is 5.82 Å². The predicted octanol–water partition coefficient (Wildman–Crippen LogP) is 2.64. The van der Waals surface area contributed by atoms with E-state index in [2.05, 4.69) is 52.3 Å². The Kier molecular flexibility index (Phi) is 8.36. The van der Waals surface area contributed by atoms with Gasteiger partial charge in [-0.1, -0.05) is 18.0 Å². The van der Waals surface area contributed by atoms with Crippen molar-refractivity contribution in [3.05, 3.63) is 34.2 Å². The minimum atomic E-state index is -0.425. The molecule has 0 spiro atoms. The van der Waals surface area contributed by atoms with Gasteiger partial charge in [-0.15, -0.1) is 0 Å². The summed E-state index contributed by atoms with van der Waals surface area (Å²) in [5, 5.41) is 28.8. The molecule has 32 heavy (non-hydrogen) atoms. The standard InChI is InChI=1S/C19H24BrFN8O3/c20-13-10-12(6-7-14(13)21)25-17(27-31)15-16(29-32-28-15)23-8-3-9-24-19(22)26-18(30)11-4-1-2-5-11/h6-7,10-11,31H,1-5,8-9H2,(H,23,29)(H,25,27)(H3,22,24,26,30). The van der Waals surface area contributed by atoms with Crippen molar-refractivity contribution in [3.8, 4) is 0 Å². The van der Waals surface area contributed by atoms with Crippen LogP contribution >= 0.6 is 15.9 Å². The number of amidine groups is 1. The van der Waals surface area contributed by atoms with Gasteiger partial charge in [0.05, 0.1) is 4.47 Å². The van der Waals surface area contributed by atoms with Crippen LogP contribution in [0.2, 0.25) is 0 Å². The third-order valence-corrected chi connectivity index (χ3v) is 5.49. The van der Waals surface area contributed by atoms with E-state index in [4.69, 9.17) is 10.4 Å². The number of nitrogens with zero attached hydrogens (tertiary/aromatic N) is 4. The third-order valence-electron chi connectivity index (χ3n) is 4.88. The molecule has 0 unspecified atom stereocenters. The van der Waals surface area contributed by atoms with E-state index in [1.54, 1.807) is 0 Å². The van der Waals surface area contributed by atoms with Crippen molar-refractivity contribution in [2.24, 2.45) is 21.8 Å². The van der Waals surface area contributed by atoms with Gasteiger partial charge in [-0.3, -0.25) is 4.79 Å². The van der Waals surface area contributed by atoms with Crippen LogP contribution in [0.1, 0.15) is 37.8 Å². The van der Waals surface area contributed by atoms with Crippen LogP contribution in [0.5, 0.6) is 0 Å². The molecule has 13 heteroatoms. The number of benzene rings is 1. The quantitative estimate of drug-likeness (QED) is 0.118. The molecule has 0 aliphatic heterocycles. The normalized spacial score (nSPS) is 15.1. The number of hydrogen-bond donors (Lipinski definition) is 5. The first-order valence-corrected chi connectivity index (χ1v) is 10.9. The lowest BCUT2D eigenvalue weighted by atomic mass is 10.1. The molecule has 3 rings (SSSR count). The molecule has 1 aliphatic carbocycles. The number of nitrogens with two attached hydrogens (primary N) is 1. The minimum absolute atomic E-state index is 0.0119. The molecule has 1 fully saturated rings. The smallest absolute Gasteiger partial charge is 0.251 e. The Labute approximate surface area is 191 Å². The summed E-state index contributed by atoms with van der Waals surface area (Å²) in [6.45, 7) is 0.933. The lowest BCUT2D eigenvalue weighted by molar-refractivity contribution is -0.121. The Bertz CT molecular complexity index is 991. The number of aromatic nitrogens is 2. The zero-order chi connectivity index (χ0) is 22.9. The van der Waals surface area contributed by atoms with Gasteiger partial charge in [0.25, 0.3) is 5.91 Å². The average molecular weight is 511 g/mol. The van der Waals surface area contributed by atoms with Crippen molar-refractivity contribution in [1.82, 2.24) is 15.6 Å². The first kappa shape index (κ1) is 23.4. The second kappa shape index (κ2) is 11.4. The van der Waals surface area contributed by atoms with Gasteiger partial charge in [0.1, 0.15) is 5.82 Å². The van der Waals surface area contributed by atoms with Gasteiger partial charge >= 0.3 is 0 Å². The maximum Gasteiger partial charge on any atom is 0.251 e. The monoisotopic (exact) mass is 510 g/mol. The summed E-state index contributed by atoms with van der Waals surface area (Å²) < 4.78 is 18.4. The number of oxime groups is 1. The molecule has 11 nitrogen and oxygen atoms in total. The van der Waals surface area contributed by atoms with Crippen molar-refractivity contribution in [3.63, 3.8) is 0 Å². The van der Waals surface area contributed by atoms with Crippen LogP contribution in [0.15, 0.2) is 37.4 Å². The molecule has 0 bridgehead atoms. The fraction of sp³-hybridized carbons (Fsp3) is 0.421. The van der Waals surface area contributed by atoms with E-state index in [0.29, 0.717) is 25.2 Å². The van der Waals surface area contributed by atoms with Crippen LogP contribution in [-0.4, -0.2) is 46.3 Å². The lowest BCUT2D eigenvalue weighted by Gasteiger charge is -2.09. The zero-order valence-corrected chi connectivity index (χ0v) is 18.7. The van der Waals surface area contributed by atoms with Crippen molar-refractivity contribution in [2.75, 3.05) is 23.7 Å². The highest BCUT2D eigenvalue weighted by atomic mass is 79.9. The highest BCUT2D eigenvalue weighted by Gasteiger charge is 2.22. The number of hydrogen-bond acceptors (Lipinski definition) is 7. The zero-order valence-electron chi connectivity index (χ0n) is 17.1. The number of aliphatic imine (C=N–C) groups is 1. The van der Waals surface area contributed by atoms with Crippen molar-refractivity contribution < 1.29 is 19.0 Å². The second-order valence-corrected chi connectivity index (χ2v) is 8.04. The molecule has 1 aromatic heterocycles. The van der Waals surface area contributed by atoms with Crippen molar-refractivity contribution in [1.29, 1.82) is 0 Å². The number of guanidine groups is 1. The average Bonchev–Trinajstić information content (AvgIpc) is 3.46. The van der Waals surface area contributed by atoms with Crippen molar-refractivity contribution >= 4 is 45.1 Å². The number of rotatable bonds is 8. The van der Waals surface area contributed by atoms with E-state index in [0.717, 1.165) is 25.7 Å². The van der Waals surface area contributed by atoms with Gasteiger partial charge in [-0.05, 0) is 63.7 Å². The Morgan fingerprint density at radius 2 is 2.09 bits per heavy atom. The summed E-state index contributed by atoms with van der Waals surface area (Å²) >= 11 is 3.09. The van der Waals surface area contributed by atoms with Crippen LogP contribution in [-0.2, 0) is 4.79 Å². The topological polar surface area (TPSA) is 163 Å². The first-order valence-electron chi connectivity index (χ1n) is 10.1. The highest BCUT2D eigenvalue weighted by Crippen LogP contribution is 2.25. The van der Waals surface area contributed by atoms with Crippen LogP contribution in [0.4, 0.5) is 15.9 Å². The summed E-state index contributed by atoms with van der Waals surface area (Å²) in [5.41, 5.74) is 6.38. The number of nitrogens with one attached hydrogen (secondary N) is 3. The fourth-order valence-corrected chi connectivity index (χ4v) is 3.61. The van der Waals surface area contributed by atoms with Gasteiger partial charge < -0.3 is 26.9 Å². The van der Waals surface area contributed by atoms with E-state index >= 15 is 0 Å². The largest absolute Gasteiger partial charge is 0.409 e. The summed E-state index contributed by atoms with van der Waals surface area (Å²) in [6, 6.07) is 4.21. The maximum absolute atomic E-state index is 13.4. The van der Waals surface area contributed by atoms with Gasteiger partial charge in [-0.2, -0.15) is 4.99 Å². The van der Waals surface area contributed by atoms with Gasteiger partial charge in [0, 0.05) is 24.7 Å². The molecule has 172 valence electrons.